The minimum Gasteiger partial charge on any atom is -0.508 e. The lowest BCUT2D eigenvalue weighted by atomic mass is 10.2. The summed E-state index contributed by atoms with van der Waals surface area (Å²) in [5.74, 6) is 0.223. The summed E-state index contributed by atoms with van der Waals surface area (Å²) in [6.45, 7) is 0. The van der Waals surface area contributed by atoms with Crippen molar-refractivity contribution in [3.05, 3.63) is 96.8 Å². The number of phenols is 1. The molecule has 8 nitrogen and oxygen atoms in total. The van der Waals surface area contributed by atoms with Gasteiger partial charge in [0.05, 0.1) is 18.1 Å². The quantitative estimate of drug-likeness (QED) is 0.368. The third-order valence-corrected chi connectivity index (χ3v) is 4.45. The molecule has 0 radical (unpaired) electrons. The number of carbonyl (C=O) groups excluding carboxylic acids is 2. The van der Waals surface area contributed by atoms with E-state index in [4.69, 9.17) is 0 Å². The molecule has 4 aromatic rings. The minimum absolute atomic E-state index is 0.124. The van der Waals surface area contributed by atoms with Gasteiger partial charge in [-0.2, -0.15) is 0 Å². The van der Waals surface area contributed by atoms with Crippen LogP contribution in [0.15, 0.2) is 91.3 Å². The van der Waals surface area contributed by atoms with Crippen molar-refractivity contribution in [2.45, 2.75) is 0 Å². The molecule has 0 saturated carbocycles. The fraction of sp³-hybridized carbons (Fsp3) is 0. The van der Waals surface area contributed by atoms with Gasteiger partial charge in [0.15, 0.2) is 5.82 Å². The fourth-order valence-corrected chi connectivity index (χ4v) is 2.91. The summed E-state index contributed by atoms with van der Waals surface area (Å²) < 4.78 is 0. The molecule has 0 fully saturated rings. The lowest BCUT2D eigenvalue weighted by molar-refractivity contribution is 0.102. The molecule has 0 bridgehead atoms. The van der Waals surface area contributed by atoms with Crippen LogP contribution < -0.4 is 16.0 Å². The molecule has 1 aromatic heterocycles. The SMILES string of the molecule is O=C(Nc1ccccc1)Nc1ccc(C(=O)Nc2cnc(-c3cccc(O)c3)nc2)cc1. The zero-order chi connectivity index (χ0) is 22.3. The maximum absolute atomic E-state index is 12.5. The van der Waals surface area contributed by atoms with Crippen LogP contribution in [-0.2, 0) is 0 Å². The number of hydrogen-bond donors (Lipinski definition) is 4. The summed E-state index contributed by atoms with van der Waals surface area (Å²) >= 11 is 0. The first kappa shape index (κ1) is 20.5. The number of carbonyl (C=O) groups is 2. The van der Waals surface area contributed by atoms with Crippen LogP contribution in [0.3, 0.4) is 0 Å². The first-order chi connectivity index (χ1) is 15.6. The van der Waals surface area contributed by atoms with Gasteiger partial charge >= 0.3 is 6.03 Å². The average Bonchev–Trinajstić information content (AvgIpc) is 2.80. The summed E-state index contributed by atoms with van der Waals surface area (Å²) in [4.78, 5) is 33.0. The van der Waals surface area contributed by atoms with Crippen LogP contribution in [0.25, 0.3) is 11.4 Å². The molecule has 4 N–H and O–H groups in total. The summed E-state index contributed by atoms with van der Waals surface area (Å²) in [5, 5.41) is 17.7. The highest BCUT2D eigenvalue weighted by Crippen LogP contribution is 2.20. The Morgan fingerprint density at radius 1 is 0.688 bits per heavy atom. The second kappa shape index (κ2) is 9.40. The number of anilines is 3. The average molecular weight is 425 g/mol. The zero-order valence-corrected chi connectivity index (χ0v) is 16.8. The van der Waals surface area contributed by atoms with Gasteiger partial charge in [-0.15, -0.1) is 0 Å². The van der Waals surface area contributed by atoms with Gasteiger partial charge in [-0.25, -0.2) is 14.8 Å². The number of nitrogens with zero attached hydrogens (tertiary/aromatic N) is 2. The number of phenolic OH excluding ortho intramolecular Hbond substituents is 1. The molecule has 4 rings (SSSR count). The molecule has 32 heavy (non-hydrogen) atoms. The topological polar surface area (TPSA) is 116 Å². The maximum atomic E-state index is 12.5. The van der Waals surface area contributed by atoms with Gasteiger partial charge in [0, 0.05) is 22.5 Å². The number of urea groups is 1. The van der Waals surface area contributed by atoms with Crippen LogP contribution >= 0.6 is 0 Å². The van der Waals surface area contributed by atoms with Gasteiger partial charge in [-0.05, 0) is 48.5 Å². The summed E-state index contributed by atoms with van der Waals surface area (Å²) in [6.07, 6.45) is 2.99. The van der Waals surface area contributed by atoms with Crippen molar-refractivity contribution in [1.82, 2.24) is 9.97 Å². The number of aromatic nitrogens is 2. The van der Waals surface area contributed by atoms with Gasteiger partial charge in [0.1, 0.15) is 5.75 Å². The molecule has 1 heterocycles. The van der Waals surface area contributed by atoms with E-state index in [1.54, 1.807) is 60.7 Å². The summed E-state index contributed by atoms with van der Waals surface area (Å²) in [5.41, 5.74) is 2.74. The minimum atomic E-state index is -0.377. The Balaban J connectivity index is 1.35. The fourth-order valence-electron chi connectivity index (χ4n) is 2.91. The largest absolute Gasteiger partial charge is 0.508 e. The highest BCUT2D eigenvalue weighted by molar-refractivity contribution is 6.05. The van der Waals surface area contributed by atoms with E-state index in [1.165, 1.54) is 12.4 Å². The number of aromatic hydroxyl groups is 1. The van der Waals surface area contributed by atoms with Crippen LogP contribution in [-0.4, -0.2) is 27.0 Å². The predicted octanol–water partition coefficient (Wildman–Crippen LogP) is 4.75. The van der Waals surface area contributed by atoms with Crippen LogP contribution in [0.5, 0.6) is 5.75 Å². The van der Waals surface area contributed by atoms with E-state index in [9.17, 15) is 14.7 Å². The zero-order valence-electron chi connectivity index (χ0n) is 16.8. The van der Waals surface area contributed by atoms with Gasteiger partial charge in [-0.1, -0.05) is 30.3 Å². The number of benzene rings is 3. The van der Waals surface area contributed by atoms with E-state index < -0.39 is 0 Å². The molecule has 3 amide bonds. The lowest BCUT2D eigenvalue weighted by Gasteiger charge is -2.09. The molecule has 0 aliphatic rings. The van der Waals surface area contributed by atoms with Crippen LogP contribution in [0.1, 0.15) is 10.4 Å². The van der Waals surface area contributed by atoms with Gasteiger partial charge in [-0.3, -0.25) is 4.79 Å². The van der Waals surface area contributed by atoms with Gasteiger partial charge < -0.3 is 21.1 Å². The molecular weight excluding hydrogens is 406 g/mol. The van der Waals surface area contributed by atoms with Crippen molar-refractivity contribution in [1.29, 1.82) is 0 Å². The predicted molar refractivity (Wildman–Crippen MR) is 123 cm³/mol. The van der Waals surface area contributed by atoms with Gasteiger partial charge in [0.25, 0.3) is 5.91 Å². The Morgan fingerprint density at radius 3 is 2.00 bits per heavy atom. The second-order valence-corrected chi connectivity index (χ2v) is 6.82. The Labute approximate surface area is 184 Å². The molecule has 0 unspecified atom stereocenters. The summed E-state index contributed by atoms with van der Waals surface area (Å²) in [6, 6.07) is 21.8. The van der Waals surface area contributed by atoms with Crippen molar-refractivity contribution < 1.29 is 14.7 Å². The Kier molecular flexibility index (Phi) is 6.03. The monoisotopic (exact) mass is 425 g/mol. The van der Waals surface area contributed by atoms with Crippen LogP contribution in [0.2, 0.25) is 0 Å². The Morgan fingerprint density at radius 2 is 1.34 bits per heavy atom. The third-order valence-electron chi connectivity index (χ3n) is 4.45. The van der Waals surface area contributed by atoms with E-state index in [2.05, 4.69) is 25.9 Å². The number of nitrogens with one attached hydrogen (secondary N) is 3. The molecule has 0 aliphatic carbocycles. The van der Waals surface area contributed by atoms with Crippen molar-refractivity contribution in [3.63, 3.8) is 0 Å². The highest BCUT2D eigenvalue weighted by Gasteiger charge is 2.09. The molecule has 0 saturated heterocycles. The first-order valence-electron chi connectivity index (χ1n) is 9.73. The van der Waals surface area contributed by atoms with Crippen LogP contribution in [0.4, 0.5) is 21.9 Å². The van der Waals surface area contributed by atoms with Gasteiger partial charge in [0.2, 0.25) is 0 Å². The molecule has 0 aliphatic heterocycles. The highest BCUT2D eigenvalue weighted by atomic mass is 16.3. The van der Waals surface area contributed by atoms with E-state index in [-0.39, 0.29) is 17.7 Å². The van der Waals surface area contributed by atoms with Crippen molar-refractivity contribution in [2.24, 2.45) is 0 Å². The van der Waals surface area contributed by atoms with E-state index in [0.29, 0.717) is 34.0 Å². The second-order valence-electron chi connectivity index (χ2n) is 6.82. The normalized spacial score (nSPS) is 10.2. The maximum Gasteiger partial charge on any atom is 0.323 e. The van der Waals surface area contributed by atoms with E-state index in [1.807, 2.05) is 18.2 Å². The Hall–Kier alpha value is -4.72. The van der Waals surface area contributed by atoms with Crippen molar-refractivity contribution in [3.8, 4) is 17.1 Å². The molecule has 0 atom stereocenters. The standard InChI is InChI=1S/C24H19N5O3/c30-21-8-4-5-17(13-21)22-25-14-20(15-26-22)27-23(31)16-9-11-19(12-10-16)29-24(32)28-18-6-2-1-3-7-18/h1-15,30H,(H,27,31)(H2,28,29,32). The number of para-hydroxylation sites is 1. The number of amides is 3. The van der Waals surface area contributed by atoms with E-state index >= 15 is 0 Å². The Bertz CT molecular complexity index is 1230. The first-order valence-corrected chi connectivity index (χ1v) is 9.73. The summed E-state index contributed by atoms with van der Waals surface area (Å²) in [7, 11) is 0. The molecular formula is C24H19N5O3. The molecule has 3 aromatic carbocycles. The van der Waals surface area contributed by atoms with Crippen molar-refractivity contribution >= 4 is 29.0 Å². The smallest absolute Gasteiger partial charge is 0.323 e. The molecule has 8 heteroatoms. The van der Waals surface area contributed by atoms with E-state index in [0.717, 1.165) is 0 Å². The molecule has 158 valence electrons. The number of hydrogen-bond acceptors (Lipinski definition) is 5. The lowest BCUT2D eigenvalue weighted by Crippen LogP contribution is -2.19. The van der Waals surface area contributed by atoms with Crippen LogP contribution in [0, 0.1) is 0 Å². The molecule has 0 spiro atoms. The van der Waals surface area contributed by atoms with Crippen molar-refractivity contribution in [2.75, 3.05) is 16.0 Å². The third kappa shape index (κ3) is 5.25. The number of rotatable bonds is 5.